The molecule has 2 fully saturated rings. The summed E-state index contributed by atoms with van der Waals surface area (Å²) in [6.45, 7) is 2.82. The van der Waals surface area contributed by atoms with Crippen molar-refractivity contribution in [2.45, 2.75) is 57.9 Å². The molecule has 4 heteroatoms. The molecule has 2 amide bonds. The topological polar surface area (TPSA) is 58.2 Å². The van der Waals surface area contributed by atoms with Crippen molar-refractivity contribution in [1.82, 2.24) is 10.6 Å². The van der Waals surface area contributed by atoms with E-state index in [4.69, 9.17) is 0 Å². The van der Waals surface area contributed by atoms with Gasteiger partial charge in [-0.1, -0.05) is 26.2 Å². The van der Waals surface area contributed by atoms with Crippen molar-refractivity contribution in [3.8, 4) is 0 Å². The standard InChI is InChI=1S/C14H24N2O2/c1-2-3-4-10-5-7-11(8-6-10)13(17)16-12-9-15-14(12)18/h10-12H,2-9H2,1H3,(H,15,18)(H,16,17)/t10-,11-,12-/m0/s1. The van der Waals surface area contributed by atoms with Crippen LogP contribution >= 0.6 is 0 Å². The molecule has 0 aromatic rings. The van der Waals surface area contributed by atoms with E-state index < -0.39 is 0 Å². The van der Waals surface area contributed by atoms with Crippen LogP contribution in [0.2, 0.25) is 0 Å². The highest BCUT2D eigenvalue weighted by molar-refractivity contribution is 5.92. The number of amides is 2. The van der Waals surface area contributed by atoms with Crippen molar-refractivity contribution in [2.75, 3.05) is 6.54 Å². The van der Waals surface area contributed by atoms with Gasteiger partial charge in [0.2, 0.25) is 11.8 Å². The van der Waals surface area contributed by atoms with Crippen molar-refractivity contribution in [3.05, 3.63) is 0 Å². The molecule has 1 heterocycles. The normalized spacial score (nSPS) is 31.4. The first kappa shape index (κ1) is 13.4. The van der Waals surface area contributed by atoms with Gasteiger partial charge in [0.1, 0.15) is 6.04 Å². The summed E-state index contributed by atoms with van der Waals surface area (Å²) in [4.78, 5) is 23.1. The summed E-state index contributed by atoms with van der Waals surface area (Å²) in [5.74, 6) is 1.00. The van der Waals surface area contributed by atoms with Gasteiger partial charge in [-0.15, -0.1) is 0 Å². The molecule has 2 rings (SSSR count). The van der Waals surface area contributed by atoms with Crippen LogP contribution in [0.4, 0.5) is 0 Å². The first-order valence-electron chi connectivity index (χ1n) is 7.28. The number of β-lactam (4-membered cyclic amide) rings is 1. The first-order valence-corrected chi connectivity index (χ1v) is 7.28. The molecule has 0 unspecified atom stereocenters. The van der Waals surface area contributed by atoms with Gasteiger partial charge in [0.25, 0.3) is 0 Å². The number of rotatable bonds is 5. The average molecular weight is 252 g/mol. The Morgan fingerprint density at radius 3 is 2.56 bits per heavy atom. The zero-order valence-corrected chi connectivity index (χ0v) is 11.2. The van der Waals surface area contributed by atoms with Crippen LogP contribution in [0.25, 0.3) is 0 Å². The summed E-state index contributed by atoms with van der Waals surface area (Å²) in [6.07, 6.45) is 8.23. The lowest BCUT2D eigenvalue weighted by atomic mass is 9.79. The summed E-state index contributed by atoms with van der Waals surface area (Å²) in [7, 11) is 0. The lowest BCUT2D eigenvalue weighted by molar-refractivity contribution is -0.135. The molecule has 18 heavy (non-hydrogen) atoms. The van der Waals surface area contributed by atoms with Crippen LogP contribution in [0.15, 0.2) is 0 Å². The SMILES string of the molecule is CCCC[C@H]1CC[C@H](C(=O)N[C@H]2CNC2=O)CC1. The van der Waals surface area contributed by atoms with E-state index in [1.807, 2.05) is 0 Å². The average Bonchev–Trinajstić information content (AvgIpc) is 2.41. The molecule has 1 aliphatic heterocycles. The lowest BCUT2D eigenvalue weighted by Gasteiger charge is -2.31. The summed E-state index contributed by atoms with van der Waals surface area (Å²) >= 11 is 0. The molecule has 2 N–H and O–H groups in total. The van der Waals surface area contributed by atoms with Gasteiger partial charge >= 0.3 is 0 Å². The number of carbonyl (C=O) groups is 2. The maximum atomic E-state index is 12.0. The van der Waals surface area contributed by atoms with Crippen molar-refractivity contribution < 1.29 is 9.59 Å². The van der Waals surface area contributed by atoms with Crippen molar-refractivity contribution in [2.24, 2.45) is 11.8 Å². The predicted octanol–water partition coefficient (Wildman–Crippen LogP) is 1.60. The maximum Gasteiger partial charge on any atom is 0.244 e. The Kier molecular flexibility index (Phi) is 4.61. The third-order valence-electron chi connectivity index (χ3n) is 4.30. The largest absolute Gasteiger partial charge is 0.352 e. The third-order valence-corrected chi connectivity index (χ3v) is 4.30. The van der Waals surface area contributed by atoms with E-state index in [-0.39, 0.29) is 23.8 Å². The van der Waals surface area contributed by atoms with E-state index in [0.29, 0.717) is 6.54 Å². The highest BCUT2D eigenvalue weighted by atomic mass is 16.2. The summed E-state index contributed by atoms with van der Waals surface area (Å²) in [6, 6.07) is -0.268. The molecule has 1 atom stereocenters. The lowest BCUT2D eigenvalue weighted by Crippen LogP contribution is -2.62. The fourth-order valence-corrected chi connectivity index (χ4v) is 2.90. The van der Waals surface area contributed by atoms with Gasteiger partial charge in [0.05, 0.1) is 0 Å². The highest BCUT2D eigenvalue weighted by Gasteiger charge is 2.32. The molecule has 1 saturated heterocycles. The Morgan fingerprint density at radius 2 is 2.06 bits per heavy atom. The minimum Gasteiger partial charge on any atom is -0.352 e. The van der Waals surface area contributed by atoms with Crippen LogP contribution in [0.1, 0.15) is 51.9 Å². The fraction of sp³-hybridized carbons (Fsp3) is 0.857. The summed E-state index contributed by atoms with van der Waals surface area (Å²) in [5.41, 5.74) is 0. The molecular formula is C14H24N2O2. The third kappa shape index (κ3) is 3.24. The van der Waals surface area contributed by atoms with E-state index in [1.54, 1.807) is 0 Å². The van der Waals surface area contributed by atoms with Crippen LogP contribution < -0.4 is 10.6 Å². The van der Waals surface area contributed by atoms with Crippen LogP contribution in [0.5, 0.6) is 0 Å². The maximum absolute atomic E-state index is 12.0. The molecule has 4 nitrogen and oxygen atoms in total. The van der Waals surface area contributed by atoms with Gasteiger partial charge in [-0.2, -0.15) is 0 Å². The number of hydrogen-bond acceptors (Lipinski definition) is 2. The number of hydrogen-bond donors (Lipinski definition) is 2. The molecule has 0 spiro atoms. The summed E-state index contributed by atoms with van der Waals surface area (Å²) in [5, 5.41) is 5.49. The number of nitrogens with one attached hydrogen (secondary N) is 2. The van der Waals surface area contributed by atoms with E-state index in [2.05, 4.69) is 17.6 Å². The Balaban J connectivity index is 1.68. The van der Waals surface area contributed by atoms with Gasteiger partial charge in [0, 0.05) is 12.5 Å². The van der Waals surface area contributed by atoms with Gasteiger partial charge in [-0.25, -0.2) is 0 Å². The second-order valence-electron chi connectivity index (χ2n) is 5.67. The molecule has 2 aliphatic rings. The van der Waals surface area contributed by atoms with E-state index >= 15 is 0 Å². The Hall–Kier alpha value is -1.06. The number of carbonyl (C=O) groups excluding carboxylic acids is 2. The van der Waals surface area contributed by atoms with Gasteiger partial charge in [-0.3, -0.25) is 9.59 Å². The van der Waals surface area contributed by atoms with E-state index in [9.17, 15) is 9.59 Å². The van der Waals surface area contributed by atoms with Crippen LogP contribution in [0.3, 0.4) is 0 Å². The summed E-state index contributed by atoms with van der Waals surface area (Å²) < 4.78 is 0. The molecular weight excluding hydrogens is 228 g/mol. The quantitative estimate of drug-likeness (QED) is 0.730. The van der Waals surface area contributed by atoms with E-state index in [1.165, 1.54) is 32.1 Å². The fourth-order valence-electron chi connectivity index (χ4n) is 2.90. The minimum absolute atomic E-state index is 0.0417. The molecule has 0 aromatic carbocycles. The molecule has 102 valence electrons. The van der Waals surface area contributed by atoms with Gasteiger partial charge in [0.15, 0.2) is 0 Å². The molecule has 0 bridgehead atoms. The van der Waals surface area contributed by atoms with Crippen molar-refractivity contribution in [1.29, 1.82) is 0 Å². The van der Waals surface area contributed by atoms with Crippen LogP contribution in [-0.4, -0.2) is 24.4 Å². The Morgan fingerprint density at radius 1 is 1.33 bits per heavy atom. The van der Waals surface area contributed by atoms with Crippen molar-refractivity contribution >= 4 is 11.8 Å². The van der Waals surface area contributed by atoms with Gasteiger partial charge < -0.3 is 10.6 Å². The zero-order valence-electron chi connectivity index (χ0n) is 11.2. The Bertz CT molecular complexity index is 309. The smallest absolute Gasteiger partial charge is 0.244 e. The molecule has 0 aromatic heterocycles. The van der Waals surface area contributed by atoms with Crippen molar-refractivity contribution in [3.63, 3.8) is 0 Å². The predicted molar refractivity (Wildman–Crippen MR) is 69.9 cm³/mol. The Labute approximate surface area is 109 Å². The molecule has 1 aliphatic carbocycles. The van der Waals surface area contributed by atoms with Crippen LogP contribution in [-0.2, 0) is 9.59 Å². The highest BCUT2D eigenvalue weighted by Crippen LogP contribution is 2.32. The minimum atomic E-state index is -0.268. The molecule has 1 saturated carbocycles. The van der Waals surface area contributed by atoms with Crippen LogP contribution in [0, 0.1) is 11.8 Å². The second-order valence-corrected chi connectivity index (χ2v) is 5.67. The monoisotopic (exact) mass is 252 g/mol. The van der Waals surface area contributed by atoms with Gasteiger partial charge in [-0.05, 0) is 31.6 Å². The first-order chi connectivity index (χ1) is 8.70. The molecule has 0 radical (unpaired) electrons. The van der Waals surface area contributed by atoms with E-state index in [0.717, 1.165) is 18.8 Å². The zero-order chi connectivity index (χ0) is 13.0. The second kappa shape index (κ2) is 6.21. The number of unbranched alkanes of at least 4 members (excludes halogenated alkanes) is 1.